The summed E-state index contributed by atoms with van der Waals surface area (Å²) in [5.41, 5.74) is 0. The van der Waals surface area contributed by atoms with Crippen molar-refractivity contribution in [1.29, 1.82) is 0 Å². The van der Waals surface area contributed by atoms with E-state index in [1.165, 1.54) is 0 Å². The van der Waals surface area contributed by atoms with E-state index < -0.39 is 0 Å². The Morgan fingerprint density at radius 1 is 0.778 bits per heavy atom. The summed E-state index contributed by atoms with van der Waals surface area (Å²) < 4.78 is 0. The average Bonchev–Trinajstić information content (AvgIpc) is 1.76. The molecule has 0 aliphatic rings. The van der Waals surface area contributed by atoms with Gasteiger partial charge in [-0.2, -0.15) is 18.2 Å². The van der Waals surface area contributed by atoms with Gasteiger partial charge in [0.1, 0.15) is 0 Å². The van der Waals surface area contributed by atoms with Gasteiger partial charge in [0.25, 0.3) is 0 Å². The van der Waals surface area contributed by atoms with Crippen molar-refractivity contribution < 1.29 is 97.8 Å². The molecule has 1 rings (SSSR count). The van der Waals surface area contributed by atoms with Crippen LogP contribution in [0.15, 0.2) is 30.3 Å². The molecular formula is C5H5HfI3. The molecule has 0 aromatic heterocycles. The van der Waals surface area contributed by atoms with Gasteiger partial charge >= 0.3 is 25.8 Å². The maximum absolute atomic E-state index is 2.00. The topological polar surface area (TPSA) is 0 Å². The van der Waals surface area contributed by atoms with Gasteiger partial charge in [0.05, 0.1) is 0 Å². The molecule has 0 saturated carbocycles. The number of halogens is 3. The zero-order valence-electron chi connectivity index (χ0n) is 4.52. The van der Waals surface area contributed by atoms with E-state index in [1.807, 2.05) is 30.3 Å². The summed E-state index contributed by atoms with van der Waals surface area (Å²) in [6.45, 7) is 0. The number of rotatable bonds is 0. The molecule has 0 atom stereocenters. The van der Waals surface area contributed by atoms with Gasteiger partial charge in [-0.05, 0) is 0 Å². The Balaban J connectivity index is -0.0000000312. The minimum absolute atomic E-state index is 0. The molecule has 0 N–H and O–H groups in total. The van der Waals surface area contributed by atoms with Crippen LogP contribution in [-0.4, -0.2) is 0 Å². The fourth-order valence-electron chi connectivity index (χ4n) is 0.321. The molecule has 0 saturated heterocycles. The van der Waals surface area contributed by atoms with E-state index in [2.05, 4.69) is 0 Å². The predicted octanol–water partition coefficient (Wildman–Crippen LogP) is -7.59. The average molecular weight is 624 g/mol. The van der Waals surface area contributed by atoms with Crippen molar-refractivity contribution in [3.8, 4) is 0 Å². The van der Waals surface area contributed by atoms with Gasteiger partial charge in [0, 0.05) is 0 Å². The van der Waals surface area contributed by atoms with Crippen LogP contribution in [0, 0.1) is 0 Å². The van der Waals surface area contributed by atoms with Gasteiger partial charge in [0.2, 0.25) is 0 Å². The molecule has 0 heterocycles. The van der Waals surface area contributed by atoms with Crippen LogP contribution in [0.2, 0.25) is 0 Å². The van der Waals surface area contributed by atoms with E-state index in [9.17, 15) is 0 Å². The van der Waals surface area contributed by atoms with Crippen LogP contribution in [0.1, 0.15) is 0 Å². The zero-order chi connectivity index (χ0) is 3.54. The van der Waals surface area contributed by atoms with Crippen molar-refractivity contribution >= 4 is 0 Å². The van der Waals surface area contributed by atoms with Crippen molar-refractivity contribution in [2.75, 3.05) is 0 Å². The first-order valence-electron chi connectivity index (χ1n) is 1.67. The van der Waals surface area contributed by atoms with E-state index in [4.69, 9.17) is 0 Å². The van der Waals surface area contributed by atoms with E-state index in [0.717, 1.165) is 0 Å². The Morgan fingerprint density at radius 2 is 1.11 bits per heavy atom. The van der Waals surface area contributed by atoms with E-state index >= 15 is 0 Å². The standard InChI is InChI=1S/C5H5.Hf.3HI/c1-2-4-5-3-1;;;;/h1-5H;;3*1H/q-1;+4;;;/p-3. The van der Waals surface area contributed by atoms with E-state index in [0.29, 0.717) is 0 Å². The van der Waals surface area contributed by atoms with Crippen LogP contribution in [0.4, 0.5) is 0 Å². The predicted molar refractivity (Wildman–Crippen MR) is 22.0 cm³/mol. The van der Waals surface area contributed by atoms with Crippen molar-refractivity contribution in [2.24, 2.45) is 0 Å². The molecule has 0 amide bonds. The smallest absolute Gasteiger partial charge is 1.00 e. The number of hydrogen-bond donors (Lipinski definition) is 0. The molecule has 1 aromatic rings. The molecule has 9 heavy (non-hydrogen) atoms. The molecule has 0 aliphatic carbocycles. The van der Waals surface area contributed by atoms with Gasteiger partial charge in [-0.1, -0.05) is 0 Å². The molecule has 1 aromatic carbocycles. The monoisotopic (exact) mass is 626 g/mol. The summed E-state index contributed by atoms with van der Waals surface area (Å²) in [7, 11) is 0. The van der Waals surface area contributed by atoms with E-state index in [-0.39, 0.29) is 97.8 Å². The van der Waals surface area contributed by atoms with Crippen LogP contribution in [-0.2, 0) is 25.8 Å². The second kappa shape index (κ2) is 16.8. The molecule has 0 radical (unpaired) electrons. The van der Waals surface area contributed by atoms with Gasteiger partial charge in [-0.25, -0.2) is 12.1 Å². The first-order chi connectivity index (χ1) is 2.50. The van der Waals surface area contributed by atoms with Crippen molar-refractivity contribution in [3.63, 3.8) is 0 Å². The molecule has 0 fully saturated rings. The van der Waals surface area contributed by atoms with Crippen LogP contribution in [0.5, 0.6) is 0 Å². The second-order valence-corrected chi connectivity index (χ2v) is 0.962. The summed E-state index contributed by atoms with van der Waals surface area (Å²) in [4.78, 5) is 0. The summed E-state index contributed by atoms with van der Waals surface area (Å²) in [6.07, 6.45) is 0. The molecule has 0 aliphatic heterocycles. The van der Waals surface area contributed by atoms with Crippen molar-refractivity contribution in [1.82, 2.24) is 0 Å². The van der Waals surface area contributed by atoms with Crippen molar-refractivity contribution in [2.45, 2.75) is 0 Å². The summed E-state index contributed by atoms with van der Waals surface area (Å²) >= 11 is 0. The number of hydrogen-bond acceptors (Lipinski definition) is 0. The summed E-state index contributed by atoms with van der Waals surface area (Å²) in [5.74, 6) is 0. The van der Waals surface area contributed by atoms with Gasteiger partial charge in [0.15, 0.2) is 0 Å². The maximum Gasteiger partial charge on any atom is 4.00 e. The van der Waals surface area contributed by atoms with E-state index in [1.54, 1.807) is 0 Å². The zero-order valence-corrected chi connectivity index (χ0v) is 14.6. The van der Waals surface area contributed by atoms with Crippen LogP contribution < -0.4 is 71.9 Å². The molecule has 0 bridgehead atoms. The Morgan fingerprint density at radius 3 is 1.22 bits per heavy atom. The Kier molecular flexibility index (Phi) is 42.0. The Labute approximate surface area is 126 Å². The Hall–Kier alpha value is 2.41. The Bertz CT molecular complexity index is 68.7. The third-order valence-corrected chi connectivity index (χ3v) is 0.556. The molecule has 0 spiro atoms. The molecule has 50 valence electrons. The first kappa shape index (κ1) is 22.5. The third-order valence-electron chi connectivity index (χ3n) is 0.556. The quantitative estimate of drug-likeness (QED) is 0.153. The van der Waals surface area contributed by atoms with Crippen LogP contribution in [0.3, 0.4) is 0 Å². The molecule has 4 heteroatoms. The fraction of sp³-hybridized carbons (Fsp3) is 0. The molecular weight excluding hydrogens is 619 g/mol. The SMILES string of the molecule is [Hf+4].[I-].[I-].[I-].c1cc[cH-]c1. The van der Waals surface area contributed by atoms with Crippen LogP contribution >= 0.6 is 0 Å². The van der Waals surface area contributed by atoms with Gasteiger partial charge in [-0.15, -0.1) is 0 Å². The minimum atomic E-state index is 0. The molecule has 0 unspecified atom stereocenters. The van der Waals surface area contributed by atoms with Gasteiger partial charge < -0.3 is 71.9 Å². The first-order valence-corrected chi connectivity index (χ1v) is 1.67. The normalized spacial score (nSPS) is 4.44. The maximum atomic E-state index is 2.00. The van der Waals surface area contributed by atoms with Gasteiger partial charge in [-0.3, -0.25) is 0 Å². The third kappa shape index (κ3) is 13.4. The van der Waals surface area contributed by atoms with Crippen molar-refractivity contribution in [3.05, 3.63) is 30.3 Å². The van der Waals surface area contributed by atoms with Crippen LogP contribution in [0.25, 0.3) is 0 Å². The summed E-state index contributed by atoms with van der Waals surface area (Å²) in [5, 5.41) is 0. The molecule has 0 nitrogen and oxygen atoms in total. The fourth-order valence-corrected chi connectivity index (χ4v) is 0.321. The second-order valence-electron chi connectivity index (χ2n) is 0.962. The summed E-state index contributed by atoms with van der Waals surface area (Å²) in [6, 6.07) is 10.0. The largest absolute Gasteiger partial charge is 4.00 e. The minimum Gasteiger partial charge on any atom is -1.00 e.